The molecule has 1 aromatic carbocycles. The van der Waals surface area contributed by atoms with E-state index in [0.29, 0.717) is 28.7 Å². The number of likely N-dealkylation sites (tertiary alicyclic amines) is 1. The summed E-state index contributed by atoms with van der Waals surface area (Å²) in [6.07, 6.45) is 8.99. The van der Waals surface area contributed by atoms with Crippen LogP contribution < -0.4 is 19.5 Å². The molecule has 0 radical (unpaired) electrons. The molecule has 0 unspecified atom stereocenters. The Hall–Kier alpha value is -2.32. The van der Waals surface area contributed by atoms with Gasteiger partial charge in [0.25, 0.3) is 0 Å². The summed E-state index contributed by atoms with van der Waals surface area (Å²) in [5.74, 6) is 0.976. The Morgan fingerprint density at radius 1 is 0.906 bits per heavy atom. The van der Waals surface area contributed by atoms with E-state index in [2.05, 4.69) is 32.2 Å². The van der Waals surface area contributed by atoms with Gasteiger partial charge in [0.15, 0.2) is 0 Å². The molecule has 1 N–H and O–H groups in total. The fourth-order valence-corrected chi connectivity index (χ4v) is 4.39. The molecule has 2 fully saturated rings. The number of rotatable bonds is 7. The van der Waals surface area contributed by atoms with Gasteiger partial charge in [-0.1, -0.05) is 24.4 Å². The number of nitrogens with zero attached hydrogens (tertiary/aromatic N) is 4. The summed E-state index contributed by atoms with van der Waals surface area (Å²) < 4.78 is 17.6. The summed E-state index contributed by atoms with van der Waals surface area (Å²) in [5, 5.41) is 3.70. The lowest BCUT2D eigenvalue weighted by atomic mass is 10.1. The summed E-state index contributed by atoms with van der Waals surface area (Å²) >= 11 is 6.27. The lowest BCUT2D eigenvalue weighted by molar-refractivity contribution is 0.101. The fourth-order valence-electron chi connectivity index (χ4n) is 4.13. The highest BCUT2D eigenvalue weighted by Crippen LogP contribution is 2.29. The van der Waals surface area contributed by atoms with Gasteiger partial charge in [0.2, 0.25) is 5.95 Å². The van der Waals surface area contributed by atoms with Crippen molar-refractivity contribution in [2.75, 3.05) is 32.6 Å². The number of halogens is 1. The minimum absolute atomic E-state index is 0.0858. The van der Waals surface area contributed by atoms with Gasteiger partial charge < -0.3 is 24.4 Å². The van der Waals surface area contributed by atoms with Gasteiger partial charge in [0.05, 0.1) is 12.1 Å². The molecule has 1 aliphatic carbocycles. The molecule has 1 aromatic heterocycles. The maximum Gasteiger partial charge on any atom is 0.324 e. The lowest BCUT2D eigenvalue weighted by Crippen LogP contribution is -2.36. The third kappa shape index (κ3) is 6.36. The Balaban J connectivity index is 1.53. The van der Waals surface area contributed by atoms with E-state index in [1.54, 1.807) is 19.2 Å². The first-order valence-corrected chi connectivity index (χ1v) is 11.9. The van der Waals surface area contributed by atoms with Crippen LogP contribution in [0.1, 0.15) is 51.4 Å². The molecule has 2 heterocycles. The number of benzene rings is 1. The third-order valence-corrected chi connectivity index (χ3v) is 6.31. The van der Waals surface area contributed by atoms with E-state index >= 15 is 0 Å². The summed E-state index contributed by atoms with van der Waals surface area (Å²) in [7, 11) is 3.71. The summed E-state index contributed by atoms with van der Waals surface area (Å²) in [6, 6.07) is 6.02. The molecule has 9 heteroatoms. The molecule has 1 saturated carbocycles. The standard InChI is InChI=1S/C23H32ClN5O3/c1-29-13-11-18(12-14-29)32-23-27-21(25-16-9-10-20(30-2)19(24)15-16)26-22(28-23)31-17-7-5-3-4-6-8-17/h9-10,15,17-18H,3-8,11-14H2,1-2H3,(H,25,26,27,28). The quantitative estimate of drug-likeness (QED) is 0.586. The van der Waals surface area contributed by atoms with Crippen LogP contribution in [-0.4, -0.2) is 59.3 Å². The second-order valence-electron chi connectivity index (χ2n) is 8.55. The number of methoxy groups -OCH3 is 1. The molecule has 0 bridgehead atoms. The van der Waals surface area contributed by atoms with Crippen LogP contribution in [0, 0.1) is 0 Å². The molecule has 2 aliphatic rings. The van der Waals surface area contributed by atoms with Crippen LogP contribution in [0.2, 0.25) is 5.02 Å². The number of nitrogens with one attached hydrogen (secondary N) is 1. The number of anilines is 2. The van der Waals surface area contributed by atoms with Crippen LogP contribution in [0.15, 0.2) is 18.2 Å². The highest BCUT2D eigenvalue weighted by Gasteiger charge is 2.22. The van der Waals surface area contributed by atoms with E-state index in [0.717, 1.165) is 44.5 Å². The van der Waals surface area contributed by atoms with E-state index < -0.39 is 0 Å². The number of hydrogen-bond acceptors (Lipinski definition) is 8. The predicted octanol–water partition coefficient (Wildman–Crippen LogP) is 4.85. The van der Waals surface area contributed by atoms with Gasteiger partial charge in [0, 0.05) is 18.8 Å². The van der Waals surface area contributed by atoms with Gasteiger partial charge in [-0.3, -0.25) is 0 Å². The number of ether oxygens (including phenoxy) is 3. The maximum absolute atomic E-state index is 6.27. The monoisotopic (exact) mass is 461 g/mol. The zero-order valence-corrected chi connectivity index (χ0v) is 19.6. The Bertz CT molecular complexity index is 884. The average molecular weight is 462 g/mol. The number of hydrogen-bond donors (Lipinski definition) is 1. The molecule has 1 saturated heterocycles. The molecule has 4 rings (SSSR count). The largest absolute Gasteiger partial charge is 0.495 e. The van der Waals surface area contributed by atoms with Crippen LogP contribution in [-0.2, 0) is 0 Å². The average Bonchev–Trinajstić information content (AvgIpc) is 3.04. The van der Waals surface area contributed by atoms with Gasteiger partial charge >= 0.3 is 12.0 Å². The summed E-state index contributed by atoms with van der Waals surface area (Å²) in [5.41, 5.74) is 0.743. The van der Waals surface area contributed by atoms with Crippen molar-refractivity contribution in [3.05, 3.63) is 23.2 Å². The van der Waals surface area contributed by atoms with Crippen molar-refractivity contribution in [3.63, 3.8) is 0 Å². The number of aromatic nitrogens is 3. The maximum atomic E-state index is 6.27. The Morgan fingerprint density at radius 2 is 1.53 bits per heavy atom. The van der Waals surface area contributed by atoms with Crippen molar-refractivity contribution in [2.24, 2.45) is 0 Å². The smallest absolute Gasteiger partial charge is 0.324 e. The van der Waals surface area contributed by atoms with Crippen LogP contribution in [0.25, 0.3) is 0 Å². The first kappa shape index (κ1) is 22.9. The second kappa shape index (κ2) is 11.0. The van der Waals surface area contributed by atoms with Gasteiger partial charge in [-0.05, 0) is 63.8 Å². The molecule has 0 atom stereocenters. The Morgan fingerprint density at radius 3 is 2.12 bits per heavy atom. The number of piperidine rings is 1. The fraction of sp³-hybridized carbons (Fsp3) is 0.609. The molecular formula is C23H32ClN5O3. The van der Waals surface area contributed by atoms with E-state index in [9.17, 15) is 0 Å². The Kier molecular flexibility index (Phi) is 7.86. The molecule has 8 nitrogen and oxygen atoms in total. The van der Waals surface area contributed by atoms with Crippen molar-refractivity contribution in [3.8, 4) is 17.8 Å². The minimum Gasteiger partial charge on any atom is -0.495 e. The zero-order valence-electron chi connectivity index (χ0n) is 18.8. The van der Waals surface area contributed by atoms with Crippen LogP contribution in [0.4, 0.5) is 11.6 Å². The van der Waals surface area contributed by atoms with Crippen molar-refractivity contribution >= 4 is 23.2 Å². The highest BCUT2D eigenvalue weighted by atomic mass is 35.5. The van der Waals surface area contributed by atoms with E-state index in [1.807, 2.05) is 6.07 Å². The molecule has 0 amide bonds. The lowest BCUT2D eigenvalue weighted by Gasteiger charge is -2.28. The molecular weight excluding hydrogens is 430 g/mol. The van der Waals surface area contributed by atoms with Crippen molar-refractivity contribution in [1.82, 2.24) is 19.9 Å². The zero-order chi connectivity index (χ0) is 22.3. The van der Waals surface area contributed by atoms with E-state index in [1.165, 1.54) is 25.7 Å². The van der Waals surface area contributed by atoms with E-state index in [4.69, 9.17) is 25.8 Å². The summed E-state index contributed by atoms with van der Waals surface area (Å²) in [4.78, 5) is 15.8. The Labute approximate surface area is 194 Å². The first-order chi connectivity index (χ1) is 15.6. The normalized spacial score (nSPS) is 18.7. The summed E-state index contributed by atoms with van der Waals surface area (Å²) in [6.45, 7) is 1.99. The topological polar surface area (TPSA) is 81.6 Å². The van der Waals surface area contributed by atoms with Gasteiger partial charge in [-0.15, -0.1) is 4.98 Å². The van der Waals surface area contributed by atoms with Crippen LogP contribution in [0.5, 0.6) is 17.8 Å². The van der Waals surface area contributed by atoms with Crippen LogP contribution >= 0.6 is 11.6 Å². The first-order valence-electron chi connectivity index (χ1n) is 11.5. The van der Waals surface area contributed by atoms with Gasteiger partial charge in [0.1, 0.15) is 18.0 Å². The SMILES string of the molecule is COc1ccc(Nc2nc(OC3CCCCCC3)nc(OC3CCN(C)CC3)n2)cc1Cl. The minimum atomic E-state index is 0.0858. The van der Waals surface area contributed by atoms with Crippen LogP contribution in [0.3, 0.4) is 0 Å². The molecule has 2 aromatic rings. The van der Waals surface area contributed by atoms with Crippen molar-refractivity contribution < 1.29 is 14.2 Å². The predicted molar refractivity (Wildman–Crippen MR) is 124 cm³/mol. The molecule has 1 aliphatic heterocycles. The van der Waals surface area contributed by atoms with Crippen molar-refractivity contribution in [1.29, 1.82) is 0 Å². The molecule has 174 valence electrons. The molecule has 32 heavy (non-hydrogen) atoms. The van der Waals surface area contributed by atoms with Gasteiger partial charge in [-0.2, -0.15) is 9.97 Å². The van der Waals surface area contributed by atoms with Gasteiger partial charge in [-0.25, -0.2) is 0 Å². The van der Waals surface area contributed by atoms with Crippen molar-refractivity contribution in [2.45, 2.75) is 63.6 Å². The third-order valence-electron chi connectivity index (χ3n) is 6.01. The molecule has 0 spiro atoms. The second-order valence-corrected chi connectivity index (χ2v) is 8.96. The van der Waals surface area contributed by atoms with E-state index in [-0.39, 0.29) is 12.2 Å². The highest BCUT2D eigenvalue weighted by molar-refractivity contribution is 6.32.